The predicted octanol–water partition coefficient (Wildman–Crippen LogP) is 16.9. The topological polar surface area (TPSA) is 35.4 Å². The quantitative estimate of drug-likeness (QED) is 0.0562. The molecular weight excluding hydrogens is 1060 g/mol. The molecule has 0 fully saturated rings. The van der Waals surface area contributed by atoms with Gasteiger partial charge in [-0.05, 0) is 116 Å². The molecule has 0 N–H and O–H groups in total. The van der Waals surface area contributed by atoms with E-state index in [1.807, 2.05) is 32.9 Å². The monoisotopic (exact) mass is 1160 g/mol. The largest absolute Gasteiger partial charge is 2.00 e. The van der Waals surface area contributed by atoms with Crippen molar-refractivity contribution in [2.24, 2.45) is 5.16 Å². The van der Waals surface area contributed by atoms with Crippen LogP contribution in [0.1, 0.15) is 130 Å². The third-order valence-corrected chi connectivity index (χ3v) is 40.1. The fourth-order valence-corrected chi connectivity index (χ4v) is 49.2. The zero-order valence-electron chi connectivity index (χ0n) is 45.2. The molecule has 0 aliphatic heterocycles. The zero-order chi connectivity index (χ0) is 48.2. The van der Waals surface area contributed by atoms with Crippen LogP contribution in [0.2, 0.25) is 118 Å². The summed E-state index contributed by atoms with van der Waals surface area (Å²) >= 11 is 4.86. The molecule has 0 saturated carbocycles. The molecule has 2 nitrogen and oxygen atoms in total. The average Bonchev–Trinajstić information content (AvgIpc) is 3.00. The van der Waals surface area contributed by atoms with Crippen LogP contribution >= 0.6 is 0 Å². The van der Waals surface area contributed by atoms with E-state index in [4.69, 9.17) is 12.6 Å². The summed E-state index contributed by atoms with van der Waals surface area (Å²) in [5.74, 6) is 1.75. The number of hydrogen-bond acceptors (Lipinski definition) is 3. The van der Waals surface area contributed by atoms with Gasteiger partial charge in [-0.15, -0.1) is 0 Å². The fourth-order valence-electron chi connectivity index (χ4n) is 11.0. The van der Waals surface area contributed by atoms with Crippen molar-refractivity contribution < 1.29 is 0 Å². The van der Waals surface area contributed by atoms with Gasteiger partial charge < -0.3 is 23.0 Å². The van der Waals surface area contributed by atoms with Gasteiger partial charge in [-0.3, -0.25) is 0 Å². The molecule has 0 spiro atoms. The Balaban J connectivity index is 0.00000105. The fraction of sp³-hybridized carbons (Fsp3) is 0.635. The molecule has 0 aliphatic carbocycles. The summed E-state index contributed by atoms with van der Waals surface area (Å²) in [6.07, 6.45) is 0. The van der Waals surface area contributed by atoms with Crippen LogP contribution in [0.3, 0.4) is 0 Å². The number of aryl methyl sites for hydroxylation is 3. The summed E-state index contributed by atoms with van der Waals surface area (Å²) in [6.45, 7) is 66.4. The van der Waals surface area contributed by atoms with Crippen molar-refractivity contribution in [3.63, 3.8) is 0 Å². The predicted molar refractivity (Wildman–Crippen MR) is 305 cm³/mol. The molecule has 0 aromatic heterocycles. The summed E-state index contributed by atoms with van der Waals surface area (Å²) < 4.78 is 0. The minimum Gasteiger partial charge on any atom is -0.793 e. The third kappa shape index (κ3) is 18.3. The first-order valence-electron chi connectivity index (χ1n) is 23.3. The van der Waals surface area contributed by atoms with Crippen molar-refractivity contribution in [1.29, 1.82) is 0 Å². The van der Waals surface area contributed by atoms with Crippen molar-refractivity contribution >= 4 is 93.4 Å². The Morgan fingerprint density at radius 3 is 0.968 bits per heavy atom. The number of benzene rings is 3. The van der Waals surface area contributed by atoms with Gasteiger partial charge in [-0.25, -0.2) is 0 Å². The van der Waals surface area contributed by atoms with E-state index in [2.05, 4.69) is 201 Å². The Morgan fingerprint density at radius 2 is 0.726 bits per heavy atom. The maximum absolute atomic E-state index is 10.3. The molecule has 0 aliphatic rings. The molecule has 346 valence electrons. The van der Waals surface area contributed by atoms with E-state index < -0.39 is 48.4 Å². The molecule has 0 saturated heterocycles. The second-order valence-electron chi connectivity index (χ2n) is 25.8. The van der Waals surface area contributed by atoms with Crippen LogP contribution < -0.4 is 0 Å². The van der Waals surface area contributed by atoms with Crippen LogP contribution in [0.25, 0.3) is 0 Å². The van der Waals surface area contributed by atoms with Crippen LogP contribution in [-0.2, 0) is 12.6 Å². The van der Waals surface area contributed by atoms with E-state index >= 15 is 0 Å². The van der Waals surface area contributed by atoms with Gasteiger partial charge in [0.25, 0.3) is 0 Å². The van der Waals surface area contributed by atoms with Gasteiger partial charge in [0, 0.05) is 48.4 Å². The van der Waals surface area contributed by atoms with Crippen molar-refractivity contribution in [2.75, 3.05) is 0 Å². The minimum atomic E-state index is -1.39. The maximum atomic E-state index is 10.3. The summed E-state index contributed by atoms with van der Waals surface area (Å²) in [7, 11) is -8.28. The average molecular weight is 1160 g/mol. The molecule has 0 unspecified atom stereocenters. The van der Waals surface area contributed by atoms with Crippen molar-refractivity contribution in [1.82, 2.24) is 0 Å². The van der Waals surface area contributed by atoms with Crippen molar-refractivity contribution in [3.05, 3.63) is 109 Å². The molecule has 0 amide bonds. The Morgan fingerprint density at radius 1 is 0.452 bits per heavy atom. The molecular formula is C52H93NOPbSSi6. The van der Waals surface area contributed by atoms with Gasteiger partial charge in [0.15, 0.2) is 0 Å². The smallest absolute Gasteiger partial charge is 0.793 e. The summed E-state index contributed by atoms with van der Waals surface area (Å²) in [5, 5.41) is 15.6. The second-order valence-corrected chi connectivity index (χ2v) is 59.8. The van der Waals surface area contributed by atoms with Crippen LogP contribution in [0, 0.1) is 38.1 Å². The molecule has 0 atom stereocenters. The summed E-state index contributed by atoms with van der Waals surface area (Å²) in [4.78, 5) is 0. The molecule has 0 bridgehead atoms. The molecule has 4 radical (unpaired) electrons. The number of rotatable bonds is 13. The Hall–Kier alpha value is -0.427. The first kappa shape index (κ1) is 61.6. The van der Waals surface area contributed by atoms with Crippen LogP contribution in [0.4, 0.5) is 0 Å². The van der Waals surface area contributed by atoms with E-state index in [9.17, 15) is 5.21 Å². The Kier molecular flexibility index (Phi) is 23.4. The maximum Gasteiger partial charge on any atom is 2.00 e. The molecule has 10 heteroatoms. The van der Waals surface area contributed by atoms with Gasteiger partial charge in [0.05, 0.1) is 0 Å². The Labute approximate surface area is 417 Å². The molecule has 3 aromatic carbocycles. The second kappa shape index (κ2) is 23.5. The molecule has 0 heterocycles. The van der Waals surface area contributed by atoms with Gasteiger partial charge in [-0.1, -0.05) is 206 Å². The minimum absolute atomic E-state index is 0. The SMILES string of the molecule is CC(C)c1[c]c(C(C)C)cc(C(C)C)c1.C[Si](C)(C)C(c1[c]c(C([Si](C)(C)C)[Si](C)(C)C)cc(C([Si](C)(C)C)[Si](C)(C)C)c1)[Si](C)(C)C.Cc1cc(C)c(C([S-])=N[O-])c(C)c1.[Pb+2]. The van der Waals surface area contributed by atoms with Crippen molar-refractivity contribution in [3.8, 4) is 0 Å². The van der Waals surface area contributed by atoms with Gasteiger partial charge in [0.1, 0.15) is 0 Å². The molecule has 3 rings (SSSR count). The van der Waals surface area contributed by atoms with Crippen LogP contribution in [0.15, 0.2) is 41.6 Å². The van der Waals surface area contributed by atoms with Gasteiger partial charge >= 0.3 is 27.3 Å². The van der Waals surface area contributed by atoms with E-state index in [1.165, 1.54) is 22.3 Å². The van der Waals surface area contributed by atoms with Crippen LogP contribution in [-0.4, -0.2) is 80.8 Å². The standard InChI is InChI=1S/C27H59Si6.C15H23.C10H13NOS.Pb/c1-28(2,3)25(29(4,5)6)22-19-23(26(30(7,8)9)31(10,11)12)21-24(20-22)27(32(13,14)15)33(16,17)18;1-10(2)13-7-14(11(3)4)9-15(8-13)12(5)6;1-6-4-7(2)9(8(3)5-6)10(13)11-12;/h19-20,25-27H,1-18H3;7-8,10-12H,1-6H3;4-5,12H,1-3H3,(H,11,13);/q;;;+2/p-2. The summed E-state index contributed by atoms with van der Waals surface area (Å²) in [6, 6.07) is 21.8. The van der Waals surface area contributed by atoms with Crippen LogP contribution in [0.5, 0.6) is 0 Å². The summed E-state index contributed by atoms with van der Waals surface area (Å²) in [5.41, 5.74) is 13.1. The number of nitrogens with zero attached hydrogens (tertiary/aromatic N) is 1. The van der Waals surface area contributed by atoms with Gasteiger partial charge in [0.2, 0.25) is 0 Å². The zero-order valence-corrected chi connectivity index (χ0v) is 55.9. The van der Waals surface area contributed by atoms with E-state index in [1.54, 1.807) is 16.7 Å². The normalized spacial score (nSPS) is 13.4. The first-order chi connectivity index (χ1) is 27.2. The molecule has 62 heavy (non-hydrogen) atoms. The van der Waals surface area contributed by atoms with Gasteiger partial charge in [-0.2, -0.15) is 0 Å². The van der Waals surface area contributed by atoms with E-state index in [-0.39, 0.29) is 32.3 Å². The Bertz CT molecular complexity index is 1660. The first-order valence-corrected chi connectivity index (χ1v) is 45.1. The molecule has 3 aromatic rings. The van der Waals surface area contributed by atoms with E-state index in [0.29, 0.717) is 17.8 Å². The third-order valence-electron chi connectivity index (χ3n) is 11.9. The van der Waals surface area contributed by atoms with E-state index in [0.717, 1.165) is 32.2 Å². The van der Waals surface area contributed by atoms with Crippen molar-refractivity contribution in [2.45, 2.75) is 213 Å². The number of hydrogen-bond donors (Lipinski definition) is 0.